The van der Waals surface area contributed by atoms with E-state index in [1.807, 2.05) is 48.3 Å². The van der Waals surface area contributed by atoms with Crippen molar-refractivity contribution in [1.29, 1.82) is 0 Å². The topological polar surface area (TPSA) is 113 Å². The zero-order chi connectivity index (χ0) is 28.5. The number of piperidine rings is 1. The first kappa shape index (κ1) is 25.3. The highest BCUT2D eigenvalue weighted by Crippen LogP contribution is 2.40. The molecule has 3 atom stereocenters. The summed E-state index contributed by atoms with van der Waals surface area (Å²) in [6.45, 7) is 1.58. The fourth-order valence-corrected chi connectivity index (χ4v) is 6.89. The second kappa shape index (κ2) is 9.55. The molecule has 8 rings (SSSR count). The maximum Gasteiger partial charge on any atom is 0.254 e. The molecule has 3 fully saturated rings. The van der Waals surface area contributed by atoms with Gasteiger partial charge in [0.2, 0.25) is 5.88 Å². The lowest BCUT2D eigenvalue weighted by atomic mass is 10.1. The Kier molecular flexibility index (Phi) is 5.75. The van der Waals surface area contributed by atoms with Crippen LogP contribution in [0.4, 0.5) is 0 Å². The number of pyridine rings is 2. The summed E-state index contributed by atoms with van der Waals surface area (Å²) in [4.78, 5) is 29.7. The first-order valence-electron chi connectivity index (χ1n) is 14.7. The third kappa shape index (κ3) is 4.04. The minimum absolute atomic E-state index is 0.00109. The van der Waals surface area contributed by atoms with E-state index in [-0.39, 0.29) is 18.0 Å². The van der Waals surface area contributed by atoms with Gasteiger partial charge in [-0.3, -0.25) is 9.78 Å². The minimum atomic E-state index is -0.00109. The molecular weight excluding hydrogens is 530 g/mol. The molecule has 1 aromatic carbocycles. The molecule has 10 nitrogen and oxygen atoms in total. The average molecular weight is 564 g/mol. The molecule has 1 amide bonds. The van der Waals surface area contributed by atoms with Crippen molar-refractivity contribution in [3.63, 3.8) is 0 Å². The molecule has 2 aliphatic carbocycles. The Hall–Kier alpha value is -4.44. The number of aryl methyl sites for hydroxylation is 1. The number of carbonyl (C=O) groups is 1. The Morgan fingerprint density at radius 2 is 1.88 bits per heavy atom. The van der Waals surface area contributed by atoms with E-state index in [1.165, 1.54) is 12.8 Å². The maximum atomic E-state index is 13.7. The fourth-order valence-electron chi connectivity index (χ4n) is 6.89. The second-order valence-corrected chi connectivity index (χ2v) is 11.9. The van der Waals surface area contributed by atoms with Crippen molar-refractivity contribution in [3.05, 3.63) is 60.4 Å². The Balaban J connectivity index is 1.21. The fraction of sp³-hybridized carbons (Fsp3) is 0.375. The lowest BCUT2D eigenvalue weighted by Crippen LogP contribution is -2.41. The molecule has 1 aliphatic heterocycles. The molecular formula is C32H33N7O3. The van der Waals surface area contributed by atoms with Gasteiger partial charge in [0, 0.05) is 61.6 Å². The standard InChI is InChI=1S/C32H33N7O3/c1-37-29-23(13-21(15-26(29)41-2)32(40)39-17-20-5-7-24(39)28(20)33)35-31(37)25-14-19-6-8-27(42-22-9-11-34-12-10-22)36-30(19)38(25)16-18-3-4-18/h6,8-15,18,20,24,28H,3-5,7,16-17,33H2,1-2H3/t20-,24-,28-/m1/s1. The van der Waals surface area contributed by atoms with Crippen LogP contribution < -0.4 is 15.2 Å². The molecule has 2 bridgehead atoms. The molecule has 42 heavy (non-hydrogen) atoms. The molecule has 0 unspecified atom stereocenters. The van der Waals surface area contributed by atoms with Crippen molar-refractivity contribution in [2.75, 3.05) is 13.7 Å². The van der Waals surface area contributed by atoms with E-state index < -0.39 is 0 Å². The van der Waals surface area contributed by atoms with E-state index in [2.05, 4.69) is 20.2 Å². The summed E-state index contributed by atoms with van der Waals surface area (Å²) in [5, 5.41) is 1.02. The summed E-state index contributed by atoms with van der Waals surface area (Å²) in [6, 6.07) is 13.6. The van der Waals surface area contributed by atoms with Crippen LogP contribution in [0.5, 0.6) is 17.4 Å². The van der Waals surface area contributed by atoms with Crippen LogP contribution in [-0.2, 0) is 13.6 Å². The SMILES string of the molecule is COc1cc(C(=O)N2C[C@H]3CC[C@@H]2[C@@H]3N)cc2nc(-c3cc4ccc(Oc5ccncc5)nc4n3CC3CC3)n(C)c12. The molecule has 5 aromatic rings. The van der Waals surface area contributed by atoms with Gasteiger partial charge in [0.25, 0.3) is 5.91 Å². The molecule has 3 aliphatic rings. The Bertz CT molecular complexity index is 1840. The highest BCUT2D eigenvalue weighted by molar-refractivity contribution is 6.00. The number of hydrogen-bond acceptors (Lipinski definition) is 7. The number of amides is 1. The van der Waals surface area contributed by atoms with Crippen molar-refractivity contribution in [1.82, 2.24) is 29.0 Å². The summed E-state index contributed by atoms with van der Waals surface area (Å²) < 4.78 is 16.2. The summed E-state index contributed by atoms with van der Waals surface area (Å²) in [5.74, 6) is 3.64. The molecule has 5 heterocycles. The van der Waals surface area contributed by atoms with E-state index in [9.17, 15) is 4.79 Å². The number of carbonyl (C=O) groups excluding carboxylic acids is 1. The summed E-state index contributed by atoms with van der Waals surface area (Å²) >= 11 is 0. The number of likely N-dealkylation sites (tertiary alicyclic amines) is 1. The van der Waals surface area contributed by atoms with Crippen LogP contribution in [0.25, 0.3) is 33.6 Å². The molecule has 0 spiro atoms. The maximum absolute atomic E-state index is 13.7. The van der Waals surface area contributed by atoms with Crippen LogP contribution >= 0.6 is 0 Å². The summed E-state index contributed by atoms with van der Waals surface area (Å²) in [7, 11) is 3.64. The minimum Gasteiger partial charge on any atom is -0.494 e. The molecule has 1 saturated heterocycles. The number of aromatic nitrogens is 5. The first-order valence-corrected chi connectivity index (χ1v) is 14.7. The largest absolute Gasteiger partial charge is 0.494 e. The quantitative estimate of drug-likeness (QED) is 0.304. The third-order valence-electron chi connectivity index (χ3n) is 9.27. The average Bonchev–Trinajstić information content (AvgIpc) is 3.42. The molecule has 10 heteroatoms. The molecule has 4 aromatic heterocycles. The zero-order valence-corrected chi connectivity index (χ0v) is 23.7. The third-order valence-corrected chi connectivity index (χ3v) is 9.27. The molecule has 2 saturated carbocycles. The van der Waals surface area contributed by atoms with Crippen LogP contribution in [0.2, 0.25) is 0 Å². The van der Waals surface area contributed by atoms with Gasteiger partial charge in [0.05, 0.1) is 18.3 Å². The zero-order valence-electron chi connectivity index (χ0n) is 23.7. The predicted molar refractivity (Wildman–Crippen MR) is 159 cm³/mol. The van der Waals surface area contributed by atoms with Gasteiger partial charge in [-0.25, -0.2) is 4.98 Å². The molecule has 2 N–H and O–H groups in total. The second-order valence-electron chi connectivity index (χ2n) is 11.9. The van der Waals surface area contributed by atoms with Crippen molar-refractivity contribution < 1.29 is 14.3 Å². The van der Waals surface area contributed by atoms with Gasteiger partial charge < -0.3 is 29.2 Å². The van der Waals surface area contributed by atoms with Crippen LogP contribution in [0.3, 0.4) is 0 Å². The summed E-state index contributed by atoms with van der Waals surface area (Å²) in [6.07, 6.45) is 7.88. The molecule has 0 radical (unpaired) electrons. The lowest BCUT2D eigenvalue weighted by Gasteiger charge is -2.27. The van der Waals surface area contributed by atoms with E-state index in [0.717, 1.165) is 59.5 Å². The number of fused-ring (bicyclic) bond motifs is 4. The van der Waals surface area contributed by atoms with Gasteiger partial charge in [0.1, 0.15) is 22.7 Å². The highest BCUT2D eigenvalue weighted by atomic mass is 16.5. The van der Waals surface area contributed by atoms with Gasteiger partial charge in [-0.15, -0.1) is 0 Å². The number of methoxy groups -OCH3 is 1. The predicted octanol–water partition coefficient (Wildman–Crippen LogP) is 4.76. The lowest BCUT2D eigenvalue weighted by molar-refractivity contribution is 0.0700. The van der Waals surface area contributed by atoms with E-state index in [4.69, 9.17) is 25.2 Å². The van der Waals surface area contributed by atoms with E-state index in [1.54, 1.807) is 19.5 Å². The van der Waals surface area contributed by atoms with Crippen molar-refractivity contribution in [2.24, 2.45) is 24.6 Å². The van der Waals surface area contributed by atoms with Crippen molar-refractivity contribution in [2.45, 2.75) is 44.3 Å². The first-order chi connectivity index (χ1) is 20.5. The van der Waals surface area contributed by atoms with Gasteiger partial charge >= 0.3 is 0 Å². The Morgan fingerprint density at radius 3 is 2.60 bits per heavy atom. The number of rotatable bonds is 7. The molecule has 214 valence electrons. The van der Waals surface area contributed by atoms with Gasteiger partial charge in [0.15, 0.2) is 5.82 Å². The van der Waals surface area contributed by atoms with Crippen molar-refractivity contribution >= 4 is 28.0 Å². The van der Waals surface area contributed by atoms with Crippen LogP contribution in [-0.4, -0.2) is 60.6 Å². The summed E-state index contributed by atoms with van der Waals surface area (Å²) in [5.41, 5.74) is 10.4. The van der Waals surface area contributed by atoms with E-state index in [0.29, 0.717) is 34.8 Å². The monoisotopic (exact) mass is 563 g/mol. The number of ether oxygens (including phenoxy) is 2. The van der Waals surface area contributed by atoms with Crippen LogP contribution in [0, 0.1) is 11.8 Å². The van der Waals surface area contributed by atoms with Crippen LogP contribution in [0.1, 0.15) is 36.0 Å². The van der Waals surface area contributed by atoms with Crippen molar-refractivity contribution in [3.8, 4) is 28.9 Å². The number of benzene rings is 1. The van der Waals surface area contributed by atoms with Gasteiger partial charge in [-0.1, -0.05) is 0 Å². The Labute approximate surface area is 243 Å². The number of nitrogens with two attached hydrogens (primary N) is 1. The number of nitrogens with zero attached hydrogens (tertiary/aromatic N) is 6. The highest BCUT2D eigenvalue weighted by Gasteiger charge is 2.47. The Morgan fingerprint density at radius 1 is 1.05 bits per heavy atom. The smallest absolute Gasteiger partial charge is 0.254 e. The number of hydrogen-bond donors (Lipinski definition) is 1. The van der Waals surface area contributed by atoms with Crippen LogP contribution in [0.15, 0.2) is 54.9 Å². The number of imidazole rings is 1. The van der Waals surface area contributed by atoms with E-state index >= 15 is 0 Å². The van der Waals surface area contributed by atoms with Gasteiger partial charge in [-0.05, 0) is 73.9 Å². The van der Waals surface area contributed by atoms with Gasteiger partial charge in [-0.2, -0.15) is 4.98 Å². The normalized spacial score (nSPS) is 21.5.